The number of aryl methyl sites for hydroxylation is 1. The maximum absolute atomic E-state index is 13.4. The number of carbonyl (C=O) groups is 1. The van der Waals surface area contributed by atoms with Gasteiger partial charge in [-0.15, -0.1) is 0 Å². The van der Waals surface area contributed by atoms with E-state index in [0.29, 0.717) is 29.1 Å². The zero-order valence-corrected chi connectivity index (χ0v) is 19.4. The van der Waals surface area contributed by atoms with Gasteiger partial charge in [0.1, 0.15) is 6.61 Å². The molecule has 0 saturated heterocycles. The summed E-state index contributed by atoms with van der Waals surface area (Å²) in [4.78, 5) is 30.8. The fourth-order valence-electron chi connectivity index (χ4n) is 5.59. The minimum Gasteiger partial charge on any atom is -0.458 e. The molecule has 0 radical (unpaired) electrons. The number of rotatable bonds is 1. The van der Waals surface area contributed by atoms with Crippen LogP contribution < -0.4 is 11.3 Å². The number of pyridine rings is 2. The highest BCUT2D eigenvalue weighted by Crippen LogP contribution is 2.45. The molecule has 0 spiro atoms. The van der Waals surface area contributed by atoms with Crippen molar-refractivity contribution in [1.82, 2.24) is 9.55 Å². The van der Waals surface area contributed by atoms with Crippen molar-refractivity contribution in [1.29, 1.82) is 0 Å². The van der Waals surface area contributed by atoms with Crippen LogP contribution in [-0.2, 0) is 34.7 Å². The Labute approximate surface area is 192 Å². The third kappa shape index (κ3) is 2.35. The average molecular weight is 496 g/mol. The summed E-state index contributed by atoms with van der Waals surface area (Å²) in [5.41, 5.74) is 11.8. The summed E-state index contributed by atoms with van der Waals surface area (Å²) in [5.74, 6) is -0.720. The zero-order valence-electron chi connectivity index (χ0n) is 17.8. The Bertz CT molecular complexity index is 1440. The SMILES string of the molecule is CC[C@]1(O)C(=O)OCc2c1cc1n(c2=O)Cc2c-1nc1cc(Br)c(C)c3c1c2[C@H](N)CC3. The number of nitrogens with zero attached hydrogens (tertiary/aromatic N) is 2. The fraction of sp³-hybridized carbons (Fsp3) is 0.375. The van der Waals surface area contributed by atoms with Gasteiger partial charge in [-0.3, -0.25) is 4.79 Å². The number of aliphatic hydroxyl groups is 1. The Hall–Kier alpha value is -2.55. The van der Waals surface area contributed by atoms with Crippen LogP contribution in [0.15, 0.2) is 21.4 Å². The van der Waals surface area contributed by atoms with E-state index in [2.05, 4.69) is 22.9 Å². The topological polar surface area (TPSA) is 107 Å². The Morgan fingerprint density at radius 2 is 2.09 bits per heavy atom. The predicted octanol–water partition coefficient (Wildman–Crippen LogP) is 3.10. The molecule has 2 aromatic heterocycles. The number of cyclic esters (lactones) is 1. The predicted molar refractivity (Wildman–Crippen MR) is 122 cm³/mol. The molecule has 8 heteroatoms. The number of benzene rings is 1. The van der Waals surface area contributed by atoms with Crippen molar-refractivity contribution in [3.8, 4) is 11.4 Å². The number of aromatic nitrogens is 2. The zero-order chi connectivity index (χ0) is 22.5. The molecule has 1 aromatic carbocycles. The molecule has 164 valence electrons. The molecule has 7 nitrogen and oxygen atoms in total. The van der Waals surface area contributed by atoms with Crippen molar-refractivity contribution in [2.24, 2.45) is 5.73 Å². The molecule has 0 bridgehead atoms. The first-order valence-corrected chi connectivity index (χ1v) is 11.6. The lowest BCUT2D eigenvalue weighted by Crippen LogP contribution is -2.44. The second-order valence-corrected chi connectivity index (χ2v) is 9.81. The molecule has 0 unspecified atom stereocenters. The summed E-state index contributed by atoms with van der Waals surface area (Å²) >= 11 is 3.66. The van der Waals surface area contributed by atoms with Crippen molar-refractivity contribution >= 4 is 32.8 Å². The second-order valence-electron chi connectivity index (χ2n) is 8.96. The first-order chi connectivity index (χ1) is 15.3. The number of fused-ring (bicyclic) bond motifs is 5. The minimum atomic E-state index is -1.83. The van der Waals surface area contributed by atoms with E-state index in [0.717, 1.165) is 39.3 Å². The van der Waals surface area contributed by atoms with Crippen LogP contribution in [0.2, 0.25) is 0 Å². The molecule has 3 N–H and O–H groups in total. The molecule has 6 rings (SSSR count). The molecule has 2 atom stereocenters. The van der Waals surface area contributed by atoms with Gasteiger partial charge in [0.2, 0.25) is 0 Å². The Kier molecular flexibility index (Phi) is 4.08. The maximum Gasteiger partial charge on any atom is 0.343 e. The first-order valence-electron chi connectivity index (χ1n) is 10.8. The number of carbonyl (C=O) groups excluding carboxylic acids is 1. The monoisotopic (exact) mass is 495 g/mol. The standard InChI is InChI=1S/C24H22BrN3O4/c1-3-24(31)14-6-18-21-12(8-28(18)22(29)13(14)9-32-23(24)30)19-16(26)5-4-11-10(2)15(25)7-17(27-21)20(11)19/h6-7,16,31H,3-5,8-9,26H2,1-2H3/t16-,24-/m1/s1. The second kappa shape index (κ2) is 6.50. The van der Waals surface area contributed by atoms with Crippen LogP contribution >= 0.6 is 15.9 Å². The van der Waals surface area contributed by atoms with Crippen molar-refractivity contribution in [2.45, 2.75) is 57.9 Å². The summed E-state index contributed by atoms with van der Waals surface area (Å²) in [6, 6.07) is 3.62. The lowest BCUT2D eigenvalue weighted by molar-refractivity contribution is -0.172. The van der Waals surface area contributed by atoms with Crippen LogP contribution in [0.5, 0.6) is 0 Å². The lowest BCUT2D eigenvalue weighted by Gasteiger charge is -2.31. The number of hydrogen-bond acceptors (Lipinski definition) is 6. The van der Waals surface area contributed by atoms with E-state index in [1.807, 2.05) is 6.07 Å². The molecule has 4 heterocycles. The molecule has 0 saturated carbocycles. The number of ether oxygens (including phenoxy) is 1. The number of esters is 1. The summed E-state index contributed by atoms with van der Waals surface area (Å²) in [5, 5.41) is 12.2. The van der Waals surface area contributed by atoms with Crippen molar-refractivity contribution in [2.75, 3.05) is 0 Å². The van der Waals surface area contributed by atoms with Gasteiger partial charge in [-0.05, 0) is 55.0 Å². The van der Waals surface area contributed by atoms with Gasteiger partial charge in [-0.25, -0.2) is 9.78 Å². The van der Waals surface area contributed by atoms with E-state index in [4.69, 9.17) is 15.5 Å². The Balaban J connectivity index is 1.70. The summed E-state index contributed by atoms with van der Waals surface area (Å²) in [7, 11) is 0. The normalized spacial score (nSPS) is 23.0. The molecule has 2 aliphatic heterocycles. The van der Waals surface area contributed by atoms with Gasteiger partial charge in [0, 0.05) is 27.0 Å². The van der Waals surface area contributed by atoms with Gasteiger partial charge >= 0.3 is 5.97 Å². The van der Waals surface area contributed by atoms with E-state index in [1.54, 1.807) is 17.6 Å². The van der Waals surface area contributed by atoms with Crippen LogP contribution in [0, 0.1) is 6.92 Å². The minimum absolute atomic E-state index is 0.117. The van der Waals surface area contributed by atoms with Gasteiger partial charge in [-0.2, -0.15) is 0 Å². The number of nitrogens with two attached hydrogens (primary N) is 1. The smallest absolute Gasteiger partial charge is 0.343 e. The molecule has 3 aliphatic rings. The molecule has 0 amide bonds. The molecular weight excluding hydrogens is 474 g/mol. The van der Waals surface area contributed by atoms with Crippen molar-refractivity contribution in [3.05, 3.63) is 60.3 Å². The number of hydrogen-bond donors (Lipinski definition) is 2. The molecule has 3 aromatic rings. The highest BCUT2D eigenvalue weighted by atomic mass is 79.9. The average Bonchev–Trinajstić information content (AvgIpc) is 3.14. The van der Waals surface area contributed by atoms with E-state index >= 15 is 0 Å². The van der Waals surface area contributed by atoms with Gasteiger partial charge in [-0.1, -0.05) is 22.9 Å². The van der Waals surface area contributed by atoms with Crippen LogP contribution in [0.3, 0.4) is 0 Å². The molecule has 32 heavy (non-hydrogen) atoms. The highest BCUT2D eigenvalue weighted by molar-refractivity contribution is 9.10. The third-order valence-electron chi connectivity index (χ3n) is 7.42. The van der Waals surface area contributed by atoms with Crippen LogP contribution in [0.25, 0.3) is 22.3 Å². The van der Waals surface area contributed by atoms with E-state index in [9.17, 15) is 14.7 Å². The quantitative estimate of drug-likeness (QED) is 0.393. The number of halogens is 1. The summed E-state index contributed by atoms with van der Waals surface area (Å²) < 4.78 is 7.83. The van der Waals surface area contributed by atoms with E-state index < -0.39 is 11.6 Å². The lowest BCUT2D eigenvalue weighted by atomic mass is 9.82. The third-order valence-corrected chi connectivity index (χ3v) is 8.25. The maximum atomic E-state index is 13.4. The van der Waals surface area contributed by atoms with Crippen molar-refractivity contribution < 1.29 is 14.6 Å². The largest absolute Gasteiger partial charge is 0.458 e. The van der Waals surface area contributed by atoms with Crippen molar-refractivity contribution in [3.63, 3.8) is 0 Å². The van der Waals surface area contributed by atoms with Gasteiger partial charge in [0.25, 0.3) is 5.56 Å². The highest BCUT2D eigenvalue weighted by Gasteiger charge is 2.45. The molecule has 0 fully saturated rings. The van der Waals surface area contributed by atoms with E-state index in [1.165, 1.54) is 11.1 Å². The van der Waals surface area contributed by atoms with Crippen LogP contribution in [-0.4, -0.2) is 20.6 Å². The fourth-order valence-corrected chi connectivity index (χ4v) is 6.05. The van der Waals surface area contributed by atoms with Crippen LogP contribution in [0.1, 0.15) is 59.2 Å². The first kappa shape index (κ1) is 20.1. The van der Waals surface area contributed by atoms with E-state index in [-0.39, 0.29) is 24.6 Å². The Morgan fingerprint density at radius 3 is 2.84 bits per heavy atom. The van der Waals surface area contributed by atoms with Gasteiger partial charge in [0.05, 0.1) is 29.0 Å². The summed E-state index contributed by atoms with van der Waals surface area (Å²) in [6.45, 7) is 4.04. The van der Waals surface area contributed by atoms with Gasteiger partial charge in [0.15, 0.2) is 5.60 Å². The molecule has 1 aliphatic carbocycles. The van der Waals surface area contributed by atoms with Crippen LogP contribution in [0.4, 0.5) is 0 Å². The van der Waals surface area contributed by atoms with Gasteiger partial charge < -0.3 is 20.1 Å². The Morgan fingerprint density at radius 1 is 1.31 bits per heavy atom. The molecular formula is C24H22BrN3O4. The summed E-state index contributed by atoms with van der Waals surface area (Å²) in [6.07, 6.45) is 1.83.